The molecule has 0 aliphatic rings. The largest absolute Gasteiger partial charge is 0.352 e. The predicted molar refractivity (Wildman–Crippen MR) is 140 cm³/mol. The molecule has 9 heteroatoms. The van der Waals surface area contributed by atoms with Crippen LogP contribution in [0, 0.1) is 13.8 Å². The van der Waals surface area contributed by atoms with Gasteiger partial charge in [-0.2, -0.15) is 0 Å². The molecule has 186 valence electrons. The highest BCUT2D eigenvalue weighted by Crippen LogP contribution is 2.22. The molecule has 2 aromatic carbocycles. The molecule has 2 amide bonds. The highest BCUT2D eigenvalue weighted by Gasteiger charge is 2.30. The van der Waals surface area contributed by atoms with Crippen LogP contribution in [0.2, 0.25) is 0 Å². The maximum Gasteiger partial charge on any atom is 0.244 e. The van der Waals surface area contributed by atoms with E-state index in [1.165, 1.54) is 4.90 Å². The van der Waals surface area contributed by atoms with Crippen molar-refractivity contribution in [2.45, 2.75) is 59.7 Å². The Balaban J connectivity index is 2.39. The van der Waals surface area contributed by atoms with Gasteiger partial charge in [0.25, 0.3) is 0 Å². The number of nitrogens with zero attached hydrogens (tertiary/aromatic N) is 2. The molecule has 0 heterocycles. The summed E-state index contributed by atoms with van der Waals surface area (Å²) in [5.41, 5.74) is 3.19. The number of aryl methyl sites for hydroxylation is 2. The lowest BCUT2D eigenvalue weighted by Gasteiger charge is -2.32. The first-order valence-electron chi connectivity index (χ1n) is 11.2. The van der Waals surface area contributed by atoms with Crippen molar-refractivity contribution in [2.24, 2.45) is 0 Å². The van der Waals surface area contributed by atoms with E-state index < -0.39 is 28.5 Å². The lowest BCUT2D eigenvalue weighted by molar-refractivity contribution is -0.139. The molecular weight excluding hydrogens is 518 g/mol. The first-order valence-corrected chi connectivity index (χ1v) is 13.9. The summed E-state index contributed by atoms with van der Waals surface area (Å²) in [6, 6.07) is 11.9. The van der Waals surface area contributed by atoms with Crippen LogP contribution in [0.25, 0.3) is 0 Å². The molecule has 1 N–H and O–H groups in total. The molecule has 0 saturated heterocycles. The van der Waals surface area contributed by atoms with Crippen molar-refractivity contribution in [3.05, 3.63) is 63.6 Å². The van der Waals surface area contributed by atoms with Crippen LogP contribution in [-0.2, 0) is 26.2 Å². The lowest BCUT2D eigenvalue weighted by Crippen LogP contribution is -2.52. The lowest BCUT2D eigenvalue weighted by atomic mass is 10.1. The fraction of sp³-hybridized carbons (Fsp3) is 0.440. The Bertz CT molecular complexity index is 1120. The average Bonchev–Trinajstić information content (AvgIpc) is 2.77. The predicted octanol–water partition coefficient (Wildman–Crippen LogP) is 4.16. The van der Waals surface area contributed by atoms with Crippen molar-refractivity contribution < 1.29 is 18.0 Å². The molecule has 0 bridgehead atoms. The van der Waals surface area contributed by atoms with Gasteiger partial charge in [-0.3, -0.25) is 13.9 Å². The van der Waals surface area contributed by atoms with Gasteiger partial charge in [-0.05, 0) is 75.1 Å². The van der Waals surface area contributed by atoms with Gasteiger partial charge in [0, 0.05) is 17.1 Å². The quantitative estimate of drug-likeness (QED) is 0.480. The smallest absolute Gasteiger partial charge is 0.244 e. The van der Waals surface area contributed by atoms with Gasteiger partial charge in [0.05, 0.1) is 11.9 Å². The topological polar surface area (TPSA) is 86.8 Å². The van der Waals surface area contributed by atoms with Crippen LogP contribution in [0.3, 0.4) is 0 Å². The number of nitrogens with one attached hydrogen (secondary N) is 1. The third-order valence-corrected chi connectivity index (χ3v) is 7.56. The maximum absolute atomic E-state index is 13.5. The van der Waals surface area contributed by atoms with Gasteiger partial charge in [0.1, 0.15) is 12.6 Å². The maximum atomic E-state index is 13.5. The molecule has 0 saturated carbocycles. The molecule has 2 rings (SSSR count). The third-order valence-electron chi connectivity index (χ3n) is 5.89. The number of anilines is 1. The SMILES string of the molecule is CC[C@@H](C)NC(=O)[C@@H](C)N(Cc1ccc(Br)cc1)C(=O)CN(c1ccc(C)c(C)c1)S(C)(=O)=O. The van der Waals surface area contributed by atoms with E-state index in [9.17, 15) is 18.0 Å². The molecule has 0 aromatic heterocycles. The Hall–Kier alpha value is -2.39. The second kappa shape index (κ2) is 11.8. The fourth-order valence-electron chi connectivity index (χ4n) is 3.33. The summed E-state index contributed by atoms with van der Waals surface area (Å²) in [5.74, 6) is -0.740. The minimum Gasteiger partial charge on any atom is -0.352 e. The zero-order valence-electron chi connectivity index (χ0n) is 20.6. The van der Waals surface area contributed by atoms with Crippen molar-refractivity contribution in [1.82, 2.24) is 10.2 Å². The zero-order valence-corrected chi connectivity index (χ0v) is 23.0. The monoisotopic (exact) mass is 551 g/mol. The van der Waals surface area contributed by atoms with Crippen LogP contribution in [-0.4, -0.2) is 50.0 Å². The Morgan fingerprint density at radius 1 is 1.03 bits per heavy atom. The Kier molecular flexibility index (Phi) is 9.70. The normalized spacial score (nSPS) is 13.1. The minimum absolute atomic E-state index is 0.0392. The van der Waals surface area contributed by atoms with E-state index in [-0.39, 0.29) is 18.5 Å². The Morgan fingerprint density at radius 3 is 2.18 bits per heavy atom. The molecule has 0 spiro atoms. The molecule has 0 unspecified atom stereocenters. The van der Waals surface area contributed by atoms with Crippen molar-refractivity contribution in [3.8, 4) is 0 Å². The standard InChI is InChI=1S/C25H34BrN3O4S/c1-7-19(4)27-25(31)20(5)28(15-21-9-11-22(26)12-10-21)24(30)16-29(34(6,32)33)23-13-8-17(2)18(3)14-23/h8-14,19-20H,7,15-16H2,1-6H3,(H,27,31)/t19-,20-/m1/s1. The molecule has 0 aliphatic carbocycles. The molecule has 0 fully saturated rings. The second-order valence-corrected chi connectivity index (χ2v) is 11.5. The van der Waals surface area contributed by atoms with Crippen molar-refractivity contribution in [1.29, 1.82) is 0 Å². The van der Waals surface area contributed by atoms with Crippen LogP contribution in [0.4, 0.5) is 5.69 Å². The van der Waals surface area contributed by atoms with E-state index in [0.29, 0.717) is 5.69 Å². The highest BCUT2D eigenvalue weighted by molar-refractivity contribution is 9.10. The summed E-state index contributed by atoms with van der Waals surface area (Å²) < 4.78 is 27.3. The van der Waals surface area contributed by atoms with Crippen LogP contribution in [0.5, 0.6) is 0 Å². The third kappa shape index (κ3) is 7.56. The summed E-state index contributed by atoms with van der Waals surface area (Å²) in [7, 11) is -3.74. The average molecular weight is 553 g/mol. The Labute approximate surface area is 211 Å². The number of benzene rings is 2. The highest BCUT2D eigenvalue weighted by atomic mass is 79.9. The van der Waals surface area contributed by atoms with Crippen molar-refractivity contribution in [3.63, 3.8) is 0 Å². The van der Waals surface area contributed by atoms with E-state index in [1.54, 1.807) is 19.1 Å². The van der Waals surface area contributed by atoms with Crippen LogP contribution >= 0.6 is 15.9 Å². The number of carbonyl (C=O) groups is 2. The summed E-state index contributed by atoms with van der Waals surface area (Å²) >= 11 is 3.40. The van der Waals surface area contributed by atoms with Gasteiger partial charge >= 0.3 is 0 Å². The van der Waals surface area contributed by atoms with Crippen LogP contribution < -0.4 is 9.62 Å². The molecule has 34 heavy (non-hydrogen) atoms. The van der Waals surface area contributed by atoms with E-state index in [4.69, 9.17) is 0 Å². The van der Waals surface area contributed by atoms with Crippen LogP contribution in [0.15, 0.2) is 46.9 Å². The van der Waals surface area contributed by atoms with E-state index in [1.807, 2.05) is 58.0 Å². The first-order chi connectivity index (χ1) is 15.8. The van der Waals surface area contributed by atoms with Gasteiger partial charge in [-0.25, -0.2) is 8.42 Å². The van der Waals surface area contributed by atoms with Gasteiger partial charge < -0.3 is 10.2 Å². The first kappa shape index (κ1) is 27.9. The van der Waals surface area contributed by atoms with Gasteiger partial charge in [-0.1, -0.05) is 41.1 Å². The summed E-state index contributed by atoms with van der Waals surface area (Å²) in [5, 5.41) is 2.92. The number of hydrogen-bond acceptors (Lipinski definition) is 4. The number of halogens is 1. The zero-order chi connectivity index (χ0) is 25.6. The van der Waals surface area contributed by atoms with E-state index in [0.717, 1.165) is 38.1 Å². The Morgan fingerprint density at radius 2 is 1.65 bits per heavy atom. The molecule has 2 aromatic rings. The van der Waals surface area contributed by atoms with Crippen molar-refractivity contribution >= 4 is 43.5 Å². The minimum atomic E-state index is -3.74. The number of rotatable bonds is 10. The fourth-order valence-corrected chi connectivity index (χ4v) is 4.43. The van der Waals surface area contributed by atoms with Gasteiger partial charge in [0.15, 0.2) is 0 Å². The molecule has 0 aliphatic heterocycles. The number of carbonyl (C=O) groups excluding carboxylic acids is 2. The summed E-state index contributed by atoms with van der Waals surface area (Å²) in [6.45, 7) is 9.12. The molecule has 0 radical (unpaired) electrons. The summed E-state index contributed by atoms with van der Waals surface area (Å²) in [6.07, 6.45) is 1.83. The van der Waals surface area contributed by atoms with Crippen LogP contribution in [0.1, 0.15) is 43.9 Å². The van der Waals surface area contributed by atoms with Gasteiger partial charge in [-0.15, -0.1) is 0 Å². The van der Waals surface area contributed by atoms with E-state index in [2.05, 4.69) is 21.2 Å². The number of hydrogen-bond donors (Lipinski definition) is 1. The molecule has 2 atom stereocenters. The molecule has 7 nitrogen and oxygen atoms in total. The van der Waals surface area contributed by atoms with E-state index >= 15 is 0 Å². The van der Waals surface area contributed by atoms with Gasteiger partial charge in [0.2, 0.25) is 21.8 Å². The number of sulfonamides is 1. The molecular formula is C25H34BrN3O4S. The van der Waals surface area contributed by atoms with Crippen molar-refractivity contribution in [2.75, 3.05) is 17.1 Å². The summed E-state index contributed by atoms with van der Waals surface area (Å²) in [4.78, 5) is 27.9. The number of amides is 2. The second-order valence-electron chi connectivity index (χ2n) is 8.68.